The molecule has 0 amide bonds. The van der Waals surface area contributed by atoms with Gasteiger partial charge in [0.1, 0.15) is 11.4 Å². The Morgan fingerprint density at radius 3 is 2.57 bits per heavy atom. The van der Waals surface area contributed by atoms with Crippen molar-refractivity contribution in [2.75, 3.05) is 0 Å². The number of aromatic nitrogens is 3. The molecule has 2 aromatic heterocycles. The maximum atomic E-state index is 6.14. The van der Waals surface area contributed by atoms with E-state index in [2.05, 4.69) is 28.1 Å². The number of hydrogen-bond acceptors (Lipinski definition) is 4. The number of pyridine rings is 1. The lowest BCUT2D eigenvalue weighted by atomic mass is 10.1. The number of hydrogen-bond donors (Lipinski definition) is 0. The quantitative estimate of drug-likeness (QED) is 0.430. The zero-order chi connectivity index (χ0) is 19.5. The zero-order valence-electron chi connectivity index (χ0n) is 15.6. The van der Waals surface area contributed by atoms with Crippen molar-refractivity contribution in [3.63, 3.8) is 0 Å². The van der Waals surface area contributed by atoms with Crippen molar-refractivity contribution in [1.29, 1.82) is 0 Å². The van der Waals surface area contributed by atoms with Gasteiger partial charge in [-0.3, -0.25) is 0 Å². The summed E-state index contributed by atoms with van der Waals surface area (Å²) in [7, 11) is 0. The molecule has 0 N–H and O–H groups in total. The Labute approximate surface area is 163 Å². The van der Waals surface area contributed by atoms with Gasteiger partial charge in [-0.15, -0.1) is 0 Å². The molecule has 0 radical (unpaired) electrons. The van der Waals surface area contributed by atoms with Gasteiger partial charge in [-0.05, 0) is 30.7 Å². The first-order valence-corrected chi connectivity index (χ1v) is 8.95. The molecule has 4 rings (SSSR count). The maximum absolute atomic E-state index is 6.14. The second-order valence-corrected chi connectivity index (χ2v) is 6.34. The van der Waals surface area contributed by atoms with E-state index in [1.54, 1.807) is 12.2 Å². The minimum atomic E-state index is 0.513. The third kappa shape index (κ3) is 3.28. The van der Waals surface area contributed by atoms with Crippen LogP contribution in [0.3, 0.4) is 0 Å². The molecule has 2 aromatic carbocycles. The molecule has 0 fully saturated rings. The molecular formula is C24H19N3O. The summed E-state index contributed by atoms with van der Waals surface area (Å²) in [5, 5.41) is 0.992. The summed E-state index contributed by atoms with van der Waals surface area (Å²) < 4.78 is 6.14. The van der Waals surface area contributed by atoms with Crippen LogP contribution in [-0.4, -0.2) is 15.0 Å². The Balaban J connectivity index is 1.75. The van der Waals surface area contributed by atoms with Crippen LogP contribution in [0.2, 0.25) is 0 Å². The monoisotopic (exact) mass is 365 g/mol. The summed E-state index contributed by atoms with van der Waals surface area (Å²) in [4.78, 5) is 13.8. The first-order valence-electron chi connectivity index (χ1n) is 8.95. The van der Waals surface area contributed by atoms with Crippen molar-refractivity contribution in [3.8, 4) is 23.1 Å². The van der Waals surface area contributed by atoms with Gasteiger partial charge in [-0.25, -0.2) is 15.0 Å². The van der Waals surface area contributed by atoms with Crippen molar-refractivity contribution in [2.45, 2.75) is 6.92 Å². The highest BCUT2D eigenvalue weighted by molar-refractivity contribution is 5.79. The molecule has 2 heterocycles. The van der Waals surface area contributed by atoms with Crippen LogP contribution in [0.1, 0.15) is 16.7 Å². The van der Waals surface area contributed by atoms with Crippen LogP contribution in [-0.2, 0) is 0 Å². The minimum Gasteiger partial charge on any atom is -0.438 e. The number of aryl methyl sites for hydroxylation is 1. The molecule has 0 aliphatic rings. The van der Waals surface area contributed by atoms with Gasteiger partial charge in [0, 0.05) is 22.7 Å². The number of benzene rings is 2. The fraction of sp³-hybridized carbons (Fsp3) is 0.0417. The van der Waals surface area contributed by atoms with Gasteiger partial charge in [0.25, 0.3) is 0 Å². The molecule has 0 atom stereocenters. The second-order valence-electron chi connectivity index (χ2n) is 6.34. The standard InChI is InChI=1S/C24H19N3O/c1-4-17-10-8-12-22(19(17)5-2)28-24-16(3)13-14-21(27-24)23-25-15-18-9-6-7-11-20(18)26-23/h4-15H,1-2H2,3H3. The van der Waals surface area contributed by atoms with E-state index in [0.717, 1.165) is 27.6 Å². The predicted molar refractivity (Wildman–Crippen MR) is 114 cm³/mol. The predicted octanol–water partition coefficient (Wildman–Crippen LogP) is 6.08. The van der Waals surface area contributed by atoms with E-state index < -0.39 is 0 Å². The summed E-state index contributed by atoms with van der Waals surface area (Å²) in [5.41, 5.74) is 4.30. The SMILES string of the molecule is C=Cc1cccc(Oc2nc(-c3ncc4ccccc4n3)ccc2C)c1C=C. The van der Waals surface area contributed by atoms with E-state index in [9.17, 15) is 0 Å². The number of ether oxygens (including phenoxy) is 1. The van der Waals surface area contributed by atoms with Crippen molar-refractivity contribution in [3.05, 3.63) is 90.6 Å². The molecule has 4 aromatic rings. The topological polar surface area (TPSA) is 47.9 Å². The summed E-state index contributed by atoms with van der Waals surface area (Å²) in [6.07, 6.45) is 5.35. The van der Waals surface area contributed by atoms with Gasteiger partial charge >= 0.3 is 0 Å². The summed E-state index contributed by atoms with van der Waals surface area (Å²) in [5.74, 6) is 1.76. The molecule has 28 heavy (non-hydrogen) atoms. The lowest BCUT2D eigenvalue weighted by Crippen LogP contribution is -1.98. The van der Waals surface area contributed by atoms with E-state index in [1.807, 2.05) is 67.7 Å². The van der Waals surface area contributed by atoms with Crippen LogP contribution in [0.4, 0.5) is 0 Å². The van der Waals surface area contributed by atoms with Crippen molar-refractivity contribution in [2.24, 2.45) is 0 Å². The normalized spacial score (nSPS) is 10.6. The highest BCUT2D eigenvalue weighted by atomic mass is 16.5. The molecule has 0 aliphatic carbocycles. The van der Waals surface area contributed by atoms with Crippen molar-refractivity contribution >= 4 is 23.1 Å². The minimum absolute atomic E-state index is 0.513. The smallest absolute Gasteiger partial charge is 0.222 e. The molecule has 4 nitrogen and oxygen atoms in total. The Bertz CT molecular complexity index is 1200. The Morgan fingerprint density at radius 1 is 0.893 bits per heavy atom. The average Bonchev–Trinajstić information content (AvgIpc) is 2.74. The fourth-order valence-corrected chi connectivity index (χ4v) is 2.98. The second kappa shape index (κ2) is 7.45. The Hall–Kier alpha value is -3.79. The molecule has 0 saturated carbocycles. The van der Waals surface area contributed by atoms with Crippen LogP contribution in [0.25, 0.3) is 34.6 Å². The van der Waals surface area contributed by atoms with E-state index in [0.29, 0.717) is 23.1 Å². The number of fused-ring (bicyclic) bond motifs is 1. The third-order valence-electron chi connectivity index (χ3n) is 4.50. The average molecular weight is 365 g/mol. The van der Waals surface area contributed by atoms with E-state index in [-0.39, 0.29) is 0 Å². The van der Waals surface area contributed by atoms with Crippen LogP contribution in [0, 0.1) is 6.92 Å². The first-order chi connectivity index (χ1) is 13.7. The maximum Gasteiger partial charge on any atom is 0.222 e. The van der Waals surface area contributed by atoms with Crippen LogP contribution >= 0.6 is 0 Å². The van der Waals surface area contributed by atoms with Gasteiger partial charge in [0.15, 0.2) is 5.82 Å². The van der Waals surface area contributed by atoms with Crippen LogP contribution < -0.4 is 4.74 Å². The van der Waals surface area contributed by atoms with Gasteiger partial charge in [-0.1, -0.05) is 61.7 Å². The van der Waals surface area contributed by atoms with Gasteiger partial charge < -0.3 is 4.74 Å². The molecular weight excluding hydrogens is 346 g/mol. The molecule has 0 aliphatic heterocycles. The molecule has 136 valence electrons. The van der Waals surface area contributed by atoms with Crippen molar-refractivity contribution < 1.29 is 4.74 Å². The van der Waals surface area contributed by atoms with E-state index >= 15 is 0 Å². The zero-order valence-corrected chi connectivity index (χ0v) is 15.6. The van der Waals surface area contributed by atoms with Crippen LogP contribution in [0.15, 0.2) is 74.0 Å². The summed E-state index contributed by atoms with van der Waals surface area (Å²) in [6.45, 7) is 9.70. The van der Waals surface area contributed by atoms with Crippen LogP contribution in [0.5, 0.6) is 11.6 Å². The molecule has 0 spiro atoms. The molecule has 0 unspecified atom stereocenters. The van der Waals surface area contributed by atoms with Crippen molar-refractivity contribution in [1.82, 2.24) is 15.0 Å². The van der Waals surface area contributed by atoms with E-state index in [4.69, 9.17) is 4.74 Å². The highest BCUT2D eigenvalue weighted by Crippen LogP contribution is 2.31. The number of nitrogens with zero attached hydrogens (tertiary/aromatic N) is 3. The Morgan fingerprint density at radius 2 is 1.75 bits per heavy atom. The summed E-state index contributed by atoms with van der Waals surface area (Å²) in [6, 6.07) is 17.5. The fourth-order valence-electron chi connectivity index (χ4n) is 2.98. The van der Waals surface area contributed by atoms with Gasteiger partial charge in [0.05, 0.1) is 5.52 Å². The van der Waals surface area contributed by atoms with Gasteiger partial charge in [0.2, 0.25) is 5.88 Å². The number of rotatable bonds is 5. The lowest BCUT2D eigenvalue weighted by molar-refractivity contribution is 0.458. The Kier molecular flexibility index (Phi) is 4.68. The lowest BCUT2D eigenvalue weighted by Gasteiger charge is -2.13. The largest absolute Gasteiger partial charge is 0.438 e. The van der Waals surface area contributed by atoms with Gasteiger partial charge in [-0.2, -0.15) is 0 Å². The summed E-state index contributed by atoms with van der Waals surface area (Å²) >= 11 is 0. The number of para-hydroxylation sites is 1. The molecule has 0 saturated heterocycles. The molecule has 0 bridgehead atoms. The third-order valence-corrected chi connectivity index (χ3v) is 4.50. The van der Waals surface area contributed by atoms with E-state index in [1.165, 1.54) is 0 Å². The highest BCUT2D eigenvalue weighted by Gasteiger charge is 2.12. The molecule has 4 heteroatoms. The first kappa shape index (κ1) is 17.6.